The fourth-order valence-corrected chi connectivity index (χ4v) is 3.82. The molecule has 3 rings (SSSR count). The number of hydrogen-bond donors (Lipinski definition) is 0. The van der Waals surface area contributed by atoms with E-state index in [0.717, 1.165) is 11.1 Å². The Balaban J connectivity index is 1.94. The van der Waals surface area contributed by atoms with Crippen LogP contribution in [-0.4, -0.2) is 47.8 Å². The SMILES string of the molecule is CC(=O)N1CCN(C(=O)/C=C/c2cc[c]c(C(F)(F)F)c2-c2cc(C)cc(C)c2)CC1. The van der Waals surface area contributed by atoms with Crippen LogP contribution in [0.25, 0.3) is 17.2 Å². The predicted octanol–water partition coefficient (Wildman–Crippen LogP) is 4.49. The van der Waals surface area contributed by atoms with Gasteiger partial charge in [-0.3, -0.25) is 9.59 Å². The molecule has 0 unspecified atom stereocenters. The maximum atomic E-state index is 13.7. The predicted molar refractivity (Wildman–Crippen MR) is 113 cm³/mol. The third kappa shape index (κ3) is 5.34. The van der Waals surface area contributed by atoms with Crippen LogP contribution in [0.1, 0.15) is 29.2 Å². The van der Waals surface area contributed by atoms with Crippen molar-refractivity contribution < 1.29 is 22.8 Å². The zero-order valence-corrected chi connectivity index (χ0v) is 17.7. The van der Waals surface area contributed by atoms with Gasteiger partial charge in [0, 0.05) is 44.7 Å². The van der Waals surface area contributed by atoms with Gasteiger partial charge < -0.3 is 9.80 Å². The molecule has 1 fully saturated rings. The zero-order chi connectivity index (χ0) is 22.8. The quantitative estimate of drug-likeness (QED) is 0.675. The number of aryl methyl sites for hydroxylation is 2. The summed E-state index contributed by atoms with van der Waals surface area (Å²) in [4.78, 5) is 27.3. The topological polar surface area (TPSA) is 40.6 Å². The summed E-state index contributed by atoms with van der Waals surface area (Å²) < 4.78 is 41.2. The molecule has 4 nitrogen and oxygen atoms in total. The van der Waals surface area contributed by atoms with Gasteiger partial charge in [0.2, 0.25) is 11.8 Å². The summed E-state index contributed by atoms with van der Waals surface area (Å²) in [6, 6.07) is 10.4. The number of piperazine rings is 1. The van der Waals surface area contributed by atoms with Crippen molar-refractivity contribution in [2.45, 2.75) is 26.9 Å². The van der Waals surface area contributed by atoms with E-state index >= 15 is 0 Å². The number of nitrogens with zero attached hydrogens (tertiary/aromatic N) is 2. The highest BCUT2D eigenvalue weighted by atomic mass is 19.4. The third-order valence-electron chi connectivity index (χ3n) is 5.27. The highest BCUT2D eigenvalue weighted by Crippen LogP contribution is 2.39. The van der Waals surface area contributed by atoms with Gasteiger partial charge in [0.25, 0.3) is 0 Å². The molecule has 1 radical (unpaired) electrons. The molecule has 0 aromatic heterocycles. The molecule has 2 aromatic rings. The van der Waals surface area contributed by atoms with Gasteiger partial charge in [0.05, 0.1) is 5.56 Å². The Morgan fingerprint density at radius 2 is 1.58 bits per heavy atom. The molecular weight excluding hydrogens is 405 g/mol. The first-order valence-corrected chi connectivity index (χ1v) is 9.99. The third-order valence-corrected chi connectivity index (χ3v) is 5.27. The van der Waals surface area contributed by atoms with E-state index in [1.165, 1.54) is 31.2 Å². The molecule has 163 valence electrons. The van der Waals surface area contributed by atoms with Gasteiger partial charge in [-0.15, -0.1) is 0 Å². The van der Waals surface area contributed by atoms with Crippen LogP contribution < -0.4 is 0 Å². The first-order valence-electron chi connectivity index (χ1n) is 9.99. The molecule has 0 atom stereocenters. The fourth-order valence-electron chi connectivity index (χ4n) is 3.82. The lowest BCUT2D eigenvalue weighted by Crippen LogP contribution is -2.49. The molecule has 1 aliphatic rings. The number of rotatable bonds is 3. The van der Waals surface area contributed by atoms with Crippen molar-refractivity contribution in [2.75, 3.05) is 26.2 Å². The summed E-state index contributed by atoms with van der Waals surface area (Å²) in [7, 11) is 0. The number of benzene rings is 2. The van der Waals surface area contributed by atoms with Crippen molar-refractivity contribution in [1.29, 1.82) is 0 Å². The number of carbonyl (C=O) groups excluding carboxylic acids is 2. The molecule has 31 heavy (non-hydrogen) atoms. The van der Waals surface area contributed by atoms with Gasteiger partial charge in [0.1, 0.15) is 0 Å². The summed E-state index contributed by atoms with van der Waals surface area (Å²) in [5, 5.41) is 0. The molecule has 0 N–H and O–H groups in total. The first-order chi connectivity index (χ1) is 14.6. The van der Waals surface area contributed by atoms with Crippen molar-refractivity contribution in [2.24, 2.45) is 0 Å². The molecule has 0 spiro atoms. The average Bonchev–Trinajstić information content (AvgIpc) is 2.70. The minimum Gasteiger partial charge on any atom is -0.339 e. The zero-order valence-electron chi connectivity index (χ0n) is 17.7. The smallest absolute Gasteiger partial charge is 0.339 e. The van der Waals surface area contributed by atoms with Crippen LogP contribution in [0.15, 0.2) is 36.4 Å². The summed E-state index contributed by atoms with van der Waals surface area (Å²) in [5.74, 6) is -0.336. The highest BCUT2D eigenvalue weighted by molar-refractivity contribution is 5.93. The van der Waals surface area contributed by atoms with E-state index in [0.29, 0.717) is 37.3 Å². The Bertz CT molecular complexity index is 1000. The van der Waals surface area contributed by atoms with Gasteiger partial charge in [0.15, 0.2) is 0 Å². The monoisotopic (exact) mass is 429 g/mol. The van der Waals surface area contributed by atoms with Crippen LogP contribution in [0.4, 0.5) is 13.2 Å². The second kappa shape index (κ2) is 8.96. The number of amides is 2. The normalized spacial score (nSPS) is 14.9. The molecular formula is C24H24F3N2O2. The standard InChI is InChI=1S/C24H24F3N2O2/c1-16-13-17(2)15-20(14-16)23-19(5-4-6-21(23)24(25,26)27)7-8-22(31)29-11-9-28(10-12-29)18(3)30/h4-5,7-8,13-15H,9-12H2,1-3H3/b8-7+. The number of halogens is 3. The van der Waals surface area contributed by atoms with Crippen molar-refractivity contribution in [3.8, 4) is 11.1 Å². The molecule has 1 aliphatic heterocycles. The van der Waals surface area contributed by atoms with Gasteiger partial charge in [-0.1, -0.05) is 41.5 Å². The van der Waals surface area contributed by atoms with Crippen molar-refractivity contribution in [1.82, 2.24) is 9.80 Å². The van der Waals surface area contributed by atoms with Crippen LogP contribution in [0.3, 0.4) is 0 Å². The summed E-state index contributed by atoms with van der Waals surface area (Å²) >= 11 is 0. The molecule has 2 amide bonds. The molecule has 1 saturated heterocycles. The Kier molecular flexibility index (Phi) is 6.53. The van der Waals surface area contributed by atoms with Gasteiger partial charge in [-0.2, -0.15) is 13.2 Å². The van der Waals surface area contributed by atoms with Crippen LogP contribution >= 0.6 is 0 Å². The maximum Gasteiger partial charge on any atom is 0.417 e. The summed E-state index contributed by atoms with van der Waals surface area (Å²) in [6.07, 6.45) is -1.86. The number of hydrogen-bond acceptors (Lipinski definition) is 2. The molecule has 0 aliphatic carbocycles. The molecule has 0 saturated carbocycles. The molecule has 1 heterocycles. The van der Waals surface area contributed by atoms with E-state index in [9.17, 15) is 22.8 Å². The fraction of sp³-hybridized carbons (Fsp3) is 0.333. The van der Waals surface area contributed by atoms with E-state index in [4.69, 9.17) is 0 Å². The highest BCUT2D eigenvalue weighted by Gasteiger charge is 2.34. The average molecular weight is 429 g/mol. The lowest BCUT2D eigenvalue weighted by molar-refractivity contribution is -0.137. The molecule has 0 bridgehead atoms. The van der Waals surface area contributed by atoms with E-state index in [1.54, 1.807) is 21.9 Å². The van der Waals surface area contributed by atoms with E-state index < -0.39 is 11.7 Å². The Hall–Kier alpha value is -3.09. The van der Waals surface area contributed by atoms with Gasteiger partial charge in [-0.25, -0.2) is 0 Å². The van der Waals surface area contributed by atoms with Crippen LogP contribution in [-0.2, 0) is 15.8 Å². The molecule has 2 aromatic carbocycles. The van der Waals surface area contributed by atoms with Crippen molar-refractivity contribution in [3.63, 3.8) is 0 Å². The van der Waals surface area contributed by atoms with Crippen molar-refractivity contribution in [3.05, 3.63) is 64.7 Å². The number of carbonyl (C=O) groups is 2. The summed E-state index contributed by atoms with van der Waals surface area (Å²) in [6.45, 7) is 6.82. The lowest BCUT2D eigenvalue weighted by atomic mass is 9.91. The second-order valence-electron chi connectivity index (χ2n) is 7.72. The maximum absolute atomic E-state index is 13.7. The van der Waals surface area contributed by atoms with E-state index in [-0.39, 0.29) is 17.4 Å². The lowest BCUT2D eigenvalue weighted by Gasteiger charge is -2.33. The second-order valence-corrected chi connectivity index (χ2v) is 7.72. The van der Waals surface area contributed by atoms with E-state index in [1.807, 2.05) is 19.9 Å². The first kappa shape index (κ1) is 22.6. The van der Waals surface area contributed by atoms with E-state index in [2.05, 4.69) is 6.07 Å². The Morgan fingerprint density at radius 1 is 1.00 bits per heavy atom. The van der Waals surface area contributed by atoms with Crippen LogP contribution in [0.2, 0.25) is 0 Å². The van der Waals surface area contributed by atoms with Crippen LogP contribution in [0.5, 0.6) is 0 Å². The van der Waals surface area contributed by atoms with Crippen LogP contribution in [0, 0.1) is 19.9 Å². The number of alkyl halides is 3. The van der Waals surface area contributed by atoms with Gasteiger partial charge in [-0.05, 0) is 37.1 Å². The minimum atomic E-state index is -4.58. The summed E-state index contributed by atoms with van der Waals surface area (Å²) in [5.41, 5.74) is 1.58. The molecule has 7 heteroatoms. The minimum absolute atomic E-state index is 0.00671. The van der Waals surface area contributed by atoms with Crippen molar-refractivity contribution >= 4 is 17.9 Å². The van der Waals surface area contributed by atoms with Gasteiger partial charge >= 0.3 is 6.18 Å². The Morgan fingerprint density at radius 3 is 2.13 bits per heavy atom. The largest absolute Gasteiger partial charge is 0.417 e. The Labute approximate surface area is 180 Å².